The van der Waals surface area contributed by atoms with Gasteiger partial charge in [-0.3, -0.25) is 4.98 Å². The smallest absolute Gasteiger partial charge is 0.165 e. The number of benzene rings is 1. The van der Waals surface area contributed by atoms with E-state index in [1.807, 2.05) is 50.2 Å². The first-order valence-corrected chi connectivity index (χ1v) is 7.72. The highest BCUT2D eigenvalue weighted by molar-refractivity contribution is 9.08. The maximum atomic E-state index is 5.94. The van der Waals surface area contributed by atoms with E-state index in [0.29, 0.717) is 13.2 Å². The second-order valence-corrected chi connectivity index (χ2v) is 4.93. The highest BCUT2D eigenvalue weighted by Crippen LogP contribution is 2.33. The third-order valence-corrected chi connectivity index (χ3v) is 3.42. The van der Waals surface area contributed by atoms with Crippen LogP contribution >= 0.6 is 15.9 Å². The van der Waals surface area contributed by atoms with Crippen LogP contribution in [0.25, 0.3) is 0 Å². The van der Waals surface area contributed by atoms with Gasteiger partial charge >= 0.3 is 0 Å². The average molecular weight is 336 g/mol. The van der Waals surface area contributed by atoms with Crippen molar-refractivity contribution in [3.05, 3.63) is 53.3 Å². The quantitative estimate of drug-likeness (QED) is 0.739. The number of hydrogen-bond donors (Lipinski definition) is 0. The number of ether oxygens (including phenoxy) is 2. The minimum Gasteiger partial charge on any atom is -0.490 e. The first-order chi connectivity index (χ1) is 9.74. The highest BCUT2D eigenvalue weighted by Gasteiger charge is 2.10. The van der Waals surface area contributed by atoms with E-state index in [1.165, 1.54) is 0 Å². The predicted octanol–water partition coefficient (Wildman–Crippen LogP) is 4.26. The van der Waals surface area contributed by atoms with Gasteiger partial charge in [0.05, 0.1) is 12.3 Å². The van der Waals surface area contributed by atoms with Crippen LogP contribution in [0.1, 0.15) is 23.9 Å². The summed E-state index contributed by atoms with van der Waals surface area (Å²) in [5.41, 5.74) is 2.98. The van der Waals surface area contributed by atoms with Crippen LogP contribution in [-0.2, 0) is 11.9 Å². The summed E-state index contributed by atoms with van der Waals surface area (Å²) in [4.78, 5) is 4.44. The van der Waals surface area contributed by atoms with Crippen molar-refractivity contribution in [3.8, 4) is 11.5 Å². The molecule has 2 aromatic rings. The number of nitrogens with zero attached hydrogens (tertiary/aromatic N) is 1. The van der Waals surface area contributed by atoms with Crippen molar-refractivity contribution in [1.82, 2.24) is 4.98 Å². The summed E-state index contributed by atoms with van der Waals surface area (Å²) >= 11 is 3.48. The van der Waals surface area contributed by atoms with Crippen LogP contribution in [0.2, 0.25) is 0 Å². The average Bonchev–Trinajstić information content (AvgIpc) is 2.46. The van der Waals surface area contributed by atoms with Crippen LogP contribution in [0.4, 0.5) is 0 Å². The third kappa shape index (κ3) is 3.73. The lowest BCUT2D eigenvalue weighted by Crippen LogP contribution is -2.03. The van der Waals surface area contributed by atoms with E-state index < -0.39 is 0 Å². The lowest BCUT2D eigenvalue weighted by Gasteiger charge is -2.14. The Labute approximate surface area is 128 Å². The van der Waals surface area contributed by atoms with Crippen LogP contribution in [0, 0.1) is 6.92 Å². The van der Waals surface area contributed by atoms with Gasteiger partial charge in [0, 0.05) is 16.6 Å². The Morgan fingerprint density at radius 1 is 1.10 bits per heavy atom. The zero-order valence-electron chi connectivity index (χ0n) is 11.7. The molecule has 0 amide bonds. The van der Waals surface area contributed by atoms with Gasteiger partial charge in [0.1, 0.15) is 6.61 Å². The zero-order chi connectivity index (χ0) is 14.4. The number of rotatable bonds is 6. The molecule has 106 valence electrons. The van der Waals surface area contributed by atoms with Crippen molar-refractivity contribution in [2.24, 2.45) is 0 Å². The molecule has 4 heteroatoms. The van der Waals surface area contributed by atoms with Gasteiger partial charge in [-0.1, -0.05) is 34.1 Å². The molecule has 0 fully saturated rings. The topological polar surface area (TPSA) is 31.4 Å². The fourth-order valence-corrected chi connectivity index (χ4v) is 2.37. The van der Waals surface area contributed by atoms with Crippen molar-refractivity contribution in [2.75, 3.05) is 6.61 Å². The molecule has 0 saturated heterocycles. The summed E-state index contributed by atoms with van der Waals surface area (Å²) in [5, 5.41) is 0.727. The number of alkyl halides is 1. The predicted molar refractivity (Wildman–Crippen MR) is 83.5 cm³/mol. The van der Waals surface area contributed by atoms with Gasteiger partial charge in [-0.05, 0) is 32.0 Å². The lowest BCUT2D eigenvalue weighted by atomic mass is 10.2. The minimum absolute atomic E-state index is 0.436. The number of aromatic nitrogens is 1. The molecular formula is C16H18BrNO2. The molecule has 20 heavy (non-hydrogen) atoms. The highest BCUT2D eigenvalue weighted by atomic mass is 79.9. The lowest BCUT2D eigenvalue weighted by molar-refractivity contribution is 0.264. The van der Waals surface area contributed by atoms with Crippen LogP contribution in [0.5, 0.6) is 11.5 Å². The Morgan fingerprint density at radius 2 is 1.90 bits per heavy atom. The molecule has 0 aliphatic carbocycles. The minimum atomic E-state index is 0.436. The Morgan fingerprint density at radius 3 is 2.60 bits per heavy atom. The summed E-state index contributed by atoms with van der Waals surface area (Å²) in [7, 11) is 0. The molecule has 0 aliphatic rings. The molecule has 0 bridgehead atoms. The molecular weight excluding hydrogens is 318 g/mol. The largest absolute Gasteiger partial charge is 0.490 e. The first kappa shape index (κ1) is 14.9. The van der Waals surface area contributed by atoms with Crippen LogP contribution in [-0.4, -0.2) is 11.6 Å². The molecule has 0 spiro atoms. The summed E-state index contributed by atoms with van der Waals surface area (Å²) in [5.74, 6) is 1.56. The Bertz CT molecular complexity index is 572. The fourth-order valence-electron chi connectivity index (χ4n) is 1.93. The molecule has 0 unspecified atom stereocenters. The van der Waals surface area contributed by atoms with Crippen molar-refractivity contribution < 1.29 is 9.47 Å². The first-order valence-electron chi connectivity index (χ1n) is 6.60. The molecule has 3 nitrogen and oxygen atoms in total. The molecule has 1 aromatic carbocycles. The maximum Gasteiger partial charge on any atom is 0.165 e. The Kier molecular flexibility index (Phi) is 5.41. The zero-order valence-corrected chi connectivity index (χ0v) is 13.3. The van der Waals surface area contributed by atoms with E-state index in [-0.39, 0.29) is 0 Å². The van der Waals surface area contributed by atoms with Gasteiger partial charge in [-0.15, -0.1) is 0 Å². The molecule has 0 atom stereocenters. The van der Waals surface area contributed by atoms with E-state index >= 15 is 0 Å². The van der Waals surface area contributed by atoms with Gasteiger partial charge in [-0.25, -0.2) is 0 Å². The molecule has 0 aliphatic heterocycles. The van der Waals surface area contributed by atoms with Crippen molar-refractivity contribution in [3.63, 3.8) is 0 Å². The van der Waals surface area contributed by atoms with Gasteiger partial charge in [0.25, 0.3) is 0 Å². The van der Waals surface area contributed by atoms with E-state index in [4.69, 9.17) is 9.47 Å². The molecule has 2 rings (SSSR count). The molecule has 1 aromatic heterocycles. The van der Waals surface area contributed by atoms with Crippen LogP contribution < -0.4 is 9.47 Å². The number of aryl methyl sites for hydroxylation is 1. The SMILES string of the molecule is CCOc1cccc(CBr)c1OCc1cccc(C)n1. The summed E-state index contributed by atoms with van der Waals surface area (Å²) < 4.78 is 11.6. The van der Waals surface area contributed by atoms with E-state index in [9.17, 15) is 0 Å². The van der Waals surface area contributed by atoms with Gasteiger partial charge < -0.3 is 9.47 Å². The molecule has 0 saturated carbocycles. The van der Waals surface area contributed by atoms with Crippen LogP contribution in [0.15, 0.2) is 36.4 Å². The summed E-state index contributed by atoms with van der Waals surface area (Å²) in [6.07, 6.45) is 0. The van der Waals surface area contributed by atoms with Crippen molar-refractivity contribution in [1.29, 1.82) is 0 Å². The van der Waals surface area contributed by atoms with E-state index in [1.54, 1.807) is 0 Å². The number of pyridine rings is 1. The Hall–Kier alpha value is -1.55. The molecule has 0 N–H and O–H groups in total. The summed E-state index contributed by atoms with van der Waals surface area (Å²) in [6, 6.07) is 11.8. The second kappa shape index (κ2) is 7.29. The second-order valence-electron chi connectivity index (χ2n) is 4.37. The van der Waals surface area contributed by atoms with Crippen molar-refractivity contribution in [2.45, 2.75) is 25.8 Å². The standard InChI is InChI=1S/C16H18BrNO2/c1-3-19-15-9-5-7-13(10-17)16(15)20-11-14-8-4-6-12(2)18-14/h4-9H,3,10-11H2,1-2H3. The summed E-state index contributed by atoms with van der Waals surface area (Å²) in [6.45, 7) is 4.99. The monoisotopic (exact) mass is 335 g/mol. The van der Waals surface area contributed by atoms with E-state index in [0.717, 1.165) is 33.8 Å². The van der Waals surface area contributed by atoms with E-state index in [2.05, 4.69) is 20.9 Å². The fraction of sp³-hybridized carbons (Fsp3) is 0.312. The third-order valence-electron chi connectivity index (χ3n) is 2.81. The van der Waals surface area contributed by atoms with Gasteiger partial charge in [0.15, 0.2) is 11.5 Å². The maximum absolute atomic E-state index is 5.94. The van der Waals surface area contributed by atoms with Crippen LogP contribution in [0.3, 0.4) is 0 Å². The molecule has 1 heterocycles. The molecule has 0 radical (unpaired) electrons. The number of halogens is 1. The van der Waals surface area contributed by atoms with Gasteiger partial charge in [0.2, 0.25) is 0 Å². The van der Waals surface area contributed by atoms with Gasteiger partial charge in [-0.2, -0.15) is 0 Å². The normalized spacial score (nSPS) is 10.3. The number of para-hydroxylation sites is 1. The Balaban J connectivity index is 2.19. The number of hydrogen-bond acceptors (Lipinski definition) is 3. The van der Waals surface area contributed by atoms with Crippen molar-refractivity contribution >= 4 is 15.9 Å².